The van der Waals surface area contributed by atoms with Crippen LogP contribution in [0.3, 0.4) is 0 Å². The maximum absolute atomic E-state index is 9.24. The van der Waals surface area contributed by atoms with Gasteiger partial charge in [-0.1, -0.05) is 23.1 Å². The molecule has 0 saturated carbocycles. The molecule has 0 saturated heterocycles. The van der Waals surface area contributed by atoms with Gasteiger partial charge in [0.2, 0.25) is 0 Å². The minimum atomic E-state index is -0.123. The van der Waals surface area contributed by atoms with Gasteiger partial charge in [-0.05, 0) is 26.0 Å². The highest BCUT2D eigenvalue weighted by molar-refractivity contribution is 7.98. The molecule has 0 aliphatic heterocycles. The van der Waals surface area contributed by atoms with E-state index in [9.17, 15) is 5.11 Å². The number of hydrogen-bond acceptors (Lipinski definition) is 9. The lowest BCUT2D eigenvalue weighted by Gasteiger charge is -2.12. The molecule has 0 aliphatic rings. The van der Waals surface area contributed by atoms with E-state index in [1.54, 1.807) is 0 Å². The van der Waals surface area contributed by atoms with Crippen molar-refractivity contribution in [2.45, 2.75) is 30.8 Å². The molecule has 122 valence electrons. The van der Waals surface area contributed by atoms with Crippen LogP contribution >= 0.6 is 23.1 Å². The van der Waals surface area contributed by atoms with Crippen LogP contribution < -0.4 is 11.1 Å². The molecule has 0 unspecified atom stereocenters. The fourth-order valence-electron chi connectivity index (χ4n) is 1.96. The van der Waals surface area contributed by atoms with Crippen molar-refractivity contribution in [2.75, 3.05) is 17.7 Å². The van der Waals surface area contributed by atoms with Gasteiger partial charge in [-0.2, -0.15) is 0 Å². The predicted molar refractivity (Wildman–Crippen MR) is 92.8 cm³/mol. The number of nitrogens with two attached hydrogens (primary N) is 1. The van der Waals surface area contributed by atoms with Crippen LogP contribution in [0.25, 0.3) is 10.3 Å². The number of furan rings is 1. The Kier molecular flexibility index (Phi) is 4.69. The molecule has 7 nitrogen and oxygen atoms in total. The molecule has 0 spiro atoms. The summed E-state index contributed by atoms with van der Waals surface area (Å²) in [6, 6.07) is 3.74. The zero-order valence-electron chi connectivity index (χ0n) is 12.7. The molecule has 0 fully saturated rings. The number of fused-ring (bicyclic) bond motifs is 1. The smallest absolute Gasteiger partial charge is 0.192 e. The van der Waals surface area contributed by atoms with E-state index in [4.69, 9.17) is 10.2 Å². The summed E-state index contributed by atoms with van der Waals surface area (Å²) in [5.74, 6) is 3.02. The van der Waals surface area contributed by atoms with E-state index in [-0.39, 0.29) is 12.6 Å². The number of nitrogen functional groups attached to an aromatic ring is 1. The minimum Gasteiger partial charge on any atom is -0.465 e. The second-order valence-electron chi connectivity index (χ2n) is 5.09. The number of aromatic nitrogens is 3. The zero-order chi connectivity index (χ0) is 16.4. The van der Waals surface area contributed by atoms with E-state index in [1.165, 1.54) is 23.1 Å². The number of anilines is 2. The van der Waals surface area contributed by atoms with Gasteiger partial charge in [0.1, 0.15) is 16.2 Å². The molecule has 1 atom stereocenters. The van der Waals surface area contributed by atoms with Crippen LogP contribution in [0.2, 0.25) is 0 Å². The average Bonchev–Trinajstić information content (AvgIpc) is 3.10. The Morgan fingerprint density at radius 1 is 1.39 bits per heavy atom. The van der Waals surface area contributed by atoms with E-state index in [0.29, 0.717) is 27.5 Å². The lowest BCUT2D eigenvalue weighted by molar-refractivity contribution is 0.281. The van der Waals surface area contributed by atoms with Gasteiger partial charge >= 0.3 is 0 Å². The van der Waals surface area contributed by atoms with Gasteiger partial charge in [0, 0.05) is 6.04 Å². The maximum atomic E-state index is 9.24. The van der Waals surface area contributed by atoms with Crippen LogP contribution in [-0.4, -0.2) is 32.7 Å². The van der Waals surface area contributed by atoms with Crippen molar-refractivity contribution in [3.63, 3.8) is 0 Å². The highest BCUT2D eigenvalue weighted by Gasteiger charge is 2.15. The summed E-state index contributed by atoms with van der Waals surface area (Å²) in [5, 5.41) is 13.4. The van der Waals surface area contributed by atoms with Crippen molar-refractivity contribution < 1.29 is 9.52 Å². The van der Waals surface area contributed by atoms with Crippen molar-refractivity contribution in [3.05, 3.63) is 23.7 Å². The summed E-state index contributed by atoms with van der Waals surface area (Å²) in [5.41, 5.74) is 6.34. The molecular formula is C14H17N5O2S2. The topological polar surface area (TPSA) is 110 Å². The number of nitrogens with zero attached hydrogens (tertiary/aromatic N) is 3. The van der Waals surface area contributed by atoms with Gasteiger partial charge < -0.3 is 20.6 Å². The van der Waals surface area contributed by atoms with Crippen molar-refractivity contribution in [1.82, 2.24) is 15.0 Å². The van der Waals surface area contributed by atoms with E-state index < -0.39 is 0 Å². The van der Waals surface area contributed by atoms with Crippen LogP contribution in [-0.2, 0) is 5.75 Å². The first-order valence-corrected chi connectivity index (χ1v) is 8.85. The molecule has 4 N–H and O–H groups in total. The zero-order valence-corrected chi connectivity index (χ0v) is 14.4. The van der Waals surface area contributed by atoms with Crippen molar-refractivity contribution in [3.8, 4) is 0 Å². The van der Waals surface area contributed by atoms with Gasteiger partial charge in [-0.15, -0.1) is 0 Å². The van der Waals surface area contributed by atoms with Crippen LogP contribution in [0.1, 0.15) is 18.4 Å². The number of thioether (sulfide) groups is 1. The second-order valence-corrected chi connectivity index (χ2v) is 7.06. The number of aliphatic hydroxyl groups excluding tert-OH is 1. The SMILES string of the molecule is Cc1ccc(CSc2nc(N[C@H](C)CO)c3sc(N)nc3n2)o1. The Bertz CT molecular complexity index is 817. The van der Waals surface area contributed by atoms with Crippen LogP contribution in [0.15, 0.2) is 21.7 Å². The first-order chi connectivity index (χ1) is 11.0. The Labute approximate surface area is 141 Å². The van der Waals surface area contributed by atoms with Crippen molar-refractivity contribution in [1.29, 1.82) is 0 Å². The van der Waals surface area contributed by atoms with Gasteiger partial charge in [-0.25, -0.2) is 15.0 Å². The lowest BCUT2D eigenvalue weighted by atomic mass is 10.3. The number of aliphatic hydroxyl groups is 1. The maximum Gasteiger partial charge on any atom is 0.192 e. The molecule has 0 bridgehead atoms. The average molecular weight is 351 g/mol. The highest BCUT2D eigenvalue weighted by atomic mass is 32.2. The molecule has 0 radical (unpaired) electrons. The highest BCUT2D eigenvalue weighted by Crippen LogP contribution is 2.31. The lowest BCUT2D eigenvalue weighted by Crippen LogP contribution is -2.20. The molecule has 3 rings (SSSR count). The Hall–Kier alpha value is -1.84. The van der Waals surface area contributed by atoms with Gasteiger partial charge in [-0.3, -0.25) is 0 Å². The summed E-state index contributed by atoms with van der Waals surface area (Å²) < 4.78 is 6.34. The Balaban J connectivity index is 1.87. The fourth-order valence-corrected chi connectivity index (χ4v) is 3.42. The van der Waals surface area contributed by atoms with Crippen molar-refractivity contribution in [2.24, 2.45) is 0 Å². The predicted octanol–water partition coefficient (Wildman–Crippen LogP) is 2.65. The van der Waals surface area contributed by atoms with Gasteiger partial charge in [0.05, 0.1) is 12.4 Å². The molecule has 0 amide bonds. The molecule has 23 heavy (non-hydrogen) atoms. The third kappa shape index (κ3) is 3.74. The van der Waals surface area contributed by atoms with Gasteiger partial charge in [0.15, 0.2) is 21.8 Å². The monoisotopic (exact) mass is 351 g/mol. The Morgan fingerprint density at radius 3 is 2.91 bits per heavy atom. The Morgan fingerprint density at radius 2 is 2.22 bits per heavy atom. The third-order valence-electron chi connectivity index (χ3n) is 3.05. The van der Waals surface area contributed by atoms with Crippen LogP contribution in [0, 0.1) is 6.92 Å². The number of aryl methyl sites for hydroxylation is 1. The van der Waals surface area contributed by atoms with Crippen LogP contribution in [0.5, 0.6) is 0 Å². The van der Waals surface area contributed by atoms with Crippen LogP contribution in [0.4, 0.5) is 10.9 Å². The summed E-state index contributed by atoms with van der Waals surface area (Å²) in [6.07, 6.45) is 0. The molecule has 3 aromatic heterocycles. The summed E-state index contributed by atoms with van der Waals surface area (Å²) >= 11 is 2.79. The summed E-state index contributed by atoms with van der Waals surface area (Å²) in [4.78, 5) is 13.2. The molecule has 3 heterocycles. The van der Waals surface area contributed by atoms with E-state index in [2.05, 4.69) is 20.3 Å². The molecule has 0 aromatic carbocycles. The third-order valence-corrected chi connectivity index (χ3v) is 4.80. The number of hydrogen-bond donors (Lipinski definition) is 3. The van der Waals surface area contributed by atoms with Crippen molar-refractivity contribution >= 4 is 44.4 Å². The normalized spacial score (nSPS) is 12.7. The second kappa shape index (κ2) is 6.73. The van der Waals surface area contributed by atoms with Gasteiger partial charge in [0.25, 0.3) is 0 Å². The first-order valence-electron chi connectivity index (χ1n) is 7.04. The van der Waals surface area contributed by atoms with E-state index >= 15 is 0 Å². The molecule has 3 aromatic rings. The number of thiazole rings is 1. The quantitative estimate of drug-likeness (QED) is 0.459. The summed E-state index contributed by atoms with van der Waals surface area (Å²) in [6.45, 7) is 3.79. The molecule has 9 heteroatoms. The number of nitrogens with one attached hydrogen (secondary N) is 1. The summed E-state index contributed by atoms with van der Waals surface area (Å²) in [7, 11) is 0. The fraction of sp³-hybridized carbons (Fsp3) is 0.357. The molecule has 0 aliphatic carbocycles. The van der Waals surface area contributed by atoms with E-state index in [0.717, 1.165) is 16.2 Å². The standard InChI is InChI=1S/C14H17N5O2S2/c1-7(5-20)16-11-10-12(17-13(15)23-10)19-14(18-11)22-6-9-4-3-8(2)21-9/h3-4,7,20H,5-6H2,1-2H3,(H3,15,16,17,18,19)/t7-/m1/s1. The molecular weight excluding hydrogens is 334 g/mol. The number of rotatable bonds is 6. The largest absolute Gasteiger partial charge is 0.465 e. The first kappa shape index (κ1) is 16.0. The van der Waals surface area contributed by atoms with E-state index in [1.807, 2.05) is 26.0 Å². The minimum absolute atomic E-state index is 0.00787.